The minimum Gasteiger partial charge on any atom is -0.200 e. The molecule has 4 rings (SSSR count). The fourth-order valence-corrected chi connectivity index (χ4v) is 5.55. The average Bonchev–Trinajstić information content (AvgIpc) is 2.80. The van der Waals surface area contributed by atoms with Crippen LogP contribution in [0.15, 0.2) is 94.9 Å². The van der Waals surface area contributed by atoms with E-state index < -0.39 is 10.0 Å². The SMILES string of the molecule is Cc1ccc(S(=O)(=O)NN=C2CCCC(c3ccccc3)(c3ccccc3)CCC2)cc1. The Labute approximate surface area is 191 Å². The minimum absolute atomic E-state index is 0.0184. The smallest absolute Gasteiger partial charge is 0.200 e. The zero-order valence-corrected chi connectivity index (χ0v) is 19.3. The molecular formula is C27H30N2O2S. The number of sulfonamides is 1. The minimum atomic E-state index is -3.64. The second-order valence-electron chi connectivity index (χ2n) is 8.61. The Morgan fingerprint density at radius 1 is 0.750 bits per heavy atom. The Balaban J connectivity index is 1.51. The maximum absolute atomic E-state index is 12.6. The van der Waals surface area contributed by atoms with E-state index >= 15 is 0 Å². The molecule has 1 fully saturated rings. The van der Waals surface area contributed by atoms with Crippen LogP contribution in [0.3, 0.4) is 0 Å². The lowest BCUT2D eigenvalue weighted by Gasteiger charge is -2.37. The van der Waals surface area contributed by atoms with Gasteiger partial charge in [-0.1, -0.05) is 78.4 Å². The van der Waals surface area contributed by atoms with Crippen LogP contribution < -0.4 is 4.83 Å². The molecule has 1 saturated carbocycles. The molecule has 0 atom stereocenters. The number of rotatable bonds is 5. The van der Waals surface area contributed by atoms with Crippen molar-refractivity contribution in [1.29, 1.82) is 0 Å². The number of aryl methyl sites for hydroxylation is 1. The van der Waals surface area contributed by atoms with Gasteiger partial charge in [0.05, 0.1) is 4.90 Å². The number of hydrogen-bond donors (Lipinski definition) is 1. The first kappa shape index (κ1) is 22.3. The van der Waals surface area contributed by atoms with E-state index in [4.69, 9.17) is 0 Å². The molecule has 166 valence electrons. The molecule has 32 heavy (non-hydrogen) atoms. The van der Waals surface area contributed by atoms with Gasteiger partial charge in [-0.3, -0.25) is 0 Å². The highest BCUT2D eigenvalue weighted by Crippen LogP contribution is 2.42. The van der Waals surface area contributed by atoms with Gasteiger partial charge in [0.2, 0.25) is 0 Å². The number of nitrogens with zero attached hydrogens (tertiary/aromatic N) is 1. The lowest BCUT2D eigenvalue weighted by molar-refractivity contribution is 0.406. The van der Waals surface area contributed by atoms with Crippen molar-refractivity contribution >= 4 is 15.7 Å². The van der Waals surface area contributed by atoms with Gasteiger partial charge in [0, 0.05) is 11.1 Å². The van der Waals surface area contributed by atoms with Crippen LogP contribution in [-0.2, 0) is 15.4 Å². The van der Waals surface area contributed by atoms with E-state index in [2.05, 4.69) is 70.6 Å². The highest BCUT2D eigenvalue weighted by molar-refractivity contribution is 7.89. The van der Waals surface area contributed by atoms with Crippen molar-refractivity contribution in [3.8, 4) is 0 Å². The van der Waals surface area contributed by atoms with Gasteiger partial charge in [0.15, 0.2) is 0 Å². The van der Waals surface area contributed by atoms with Crippen LogP contribution >= 0.6 is 0 Å². The van der Waals surface area contributed by atoms with Crippen LogP contribution in [0.1, 0.15) is 55.2 Å². The van der Waals surface area contributed by atoms with Crippen molar-refractivity contribution in [2.45, 2.75) is 55.8 Å². The molecule has 0 unspecified atom stereocenters. The summed E-state index contributed by atoms with van der Waals surface area (Å²) in [5, 5.41) is 4.33. The van der Waals surface area contributed by atoms with Crippen molar-refractivity contribution < 1.29 is 8.42 Å². The first-order chi connectivity index (χ1) is 15.5. The van der Waals surface area contributed by atoms with Crippen LogP contribution in [-0.4, -0.2) is 14.1 Å². The standard InChI is InChI=1S/C27H30N2O2S/c1-22-16-18-26(19-17-22)32(30,31)29-28-25-14-8-20-27(21-9-15-25,23-10-4-2-5-11-23)24-12-6-3-7-13-24/h2-7,10-13,16-19,29H,8-9,14-15,20-21H2,1H3. The normalized spacial score (nSPS) is 16.6. The first-order valence-corrected chi connectivity index (χ1v) is 12.7. The van der Waals surface area contributed by atoms with Crippen molar-refractivity contribution in [2.24, 2.45) is 5.10 Å². The molecular weight excluding hydrogens is 416 g/mol. The molecule has 1 aliphatic carbocycles. The van der Waals surface area contributed by atoms with Gasteiger partial charge in [0.1, 0.15) is 0 Å². The molecule has 3 aromatic carbocycles. The predicted molar refractivity (Wildman–Crippen MR) is 130 cm³/mol. The molecule has 0 aliphatic heterocycles. The van der Waals surface area contributed by atoms with Gasteiger partial charge < -0.3 is 0 Å². The summed E-state index contributed by atoms with van der Waals surface area (Å²) in [6.07, 6.45) is 5.49. The summed E-state index contributed by atoms with van der Waals surface area (Å²) < 4.78 is 25.2. The lowest BCUT2D eigenvalue weighted by atomic mass is 9.67. The fourth-order valence-electron chi connectivity index (χ4n) is 4.70. The summed E-state index contributed by atoms with van der Waals surface area (Å²) in [6.45, 7) is 1.93. The number of hydrazone groups is 1. The van der Waals surface area contributed by atoms with Gasteiger partial charge in [-0.15, -0.1) is 0 Å². The summed E-state index contributed by atoms with van der Waals surface area (Å²) in [7, 11) is -3.64. The van der Waals surface area contributed by atoms with Crippen LogP contribution in [0.5, 0.6) is 0 Å². The average molecular weight is 447 g/mol. The third-order valence-electron chi connectivity index (χ3n) is 6.45. The zero-order valence-electron chi connectivity index (χ0n) is 18.5. The first-order valence-electron chi connectivity index (χ1n) is 11.2. The van der Waals surface area contributed by atoms with Crippen molar-refractivity contribution in [3.63, 3.8) is 0 Å². The lowest BCUT2D eigenvalue weighted by Crippen LogP contribution is -2.30. The Morgan fingerprint density at radius 2 is 1.25 bits per heavy atom. The second-order valence-corrected chi connectivity index (χ2v) is 10.3. The van der Waals surface area contributed by atoms with Crippen molar-refractivity contribution in [1.82, 2.24) is 4.83 Å². The predicted octanol–water partition coefficient (Wildman–Crippen LogP) is 5.97. The number of hydrogen-bond acceptors (Lipinski definition) is 3. The highest BCUT2D eigenvalue weighted by atomic mass is 32.2. The highest BCUT2D eigenvalue weighted by Gasteiger charge is 2.34. The summed E-state index contributed by atoms with van der Waals surface area (Å²) in [4.78, 5) is 2.70. The van der Waals surface area contributed by atoms with Crippen LogP contribution in [0.25, 0.3) is 0 Å². The molecule has 0 saturated heterocycles. The summed E-state index contributed by atoms with van der Waals surface area (Å²) in [6, 6.07) is 28.4. The van der Waals surface area contributed by atoms with E-state index in [1.807, 2.05) is 6.92 Å². The molecule has 4 nitrogen and oxygen atoms in total. The third kappa shape index (κ3) is 4.94. The van der Waals surface area contributed by atoms with E-state index in [-0.39, 0.29) is 10.3 Å². The largest absolute Gasteiger partial charge is 0.276 e. The van der Waals surface area contributed by atoms with E-state index in [9.17, 15) is 8.42 Å². The second kappa shape index (κ2) is 9.70. The number of nitrogens with one attached hydrogen (secondary N) is 1. The van der Waals surface area contributed by atoms with Gasteiger partial charge in [0.25, 0.3) is 10.0 Å². The van der Waals surface area contributed by atoms with Crippen LogP contribution in [0.4, 0.5) is 0 Å². The van der Waals surface area contributed by atoms with Crippen LogP contribution in [0.2, 0.25) is 0 Å². The molecule has 0 heterocycles. The van der Waals surface area contributed by atoms with Gasteiger partial charge in [-0.05, 0) is 68.7 Å². The zero-order chi connectivity index (χ0) is 22.4. The Morgan fingerprint density at radius 3 is 1.75 bits per heavy atom. The Hall–Kier alpha value is -2.92. The van der Waals surface area contributed by atoms with Crippen molar-refractivity contribution in [3.05, 3.63) is 102 Å². The molecule has 0 spiro atoms. The summed E-state index contributed by atoms with van der Waals surface area (Å²) in [5.74, 6) is 0. The molecule has 1 N–H and O–H groups in total. The molecule has 1 aliphatic rings. The van der Waals surface area contributed by atoms with E-state index in [0.717, 1.165) is 49.8 Å². The Bertz CT molecular complexity index is 1100. The molecule has 0 bridgehead atoms. The Kier molecular flexibility index (Phi) is 6.75. The quantitative estimate of drug-likeness (QED) is 0.491. The monoisotopic (exact) mass is 446 g/mol. The maximum Gasteiger partial charge on any atom is 0.276 e. The molecule has 0 amide bonds. The third-order valence-corrected chi connectivity index (χ3v) is 7.67. The van der Waals surface area contributed by atoms with Crippen LogP contribution in [0, 0.1) is 6.92 Å². The van der Waals surface area contributed by atoms with E-state index in [1.54, 1.807) is 24.3 Å². The van der Waals surface area contributed by atoms with Gasteiger partial charge in [-0.25, -0.2) is 4.83 Å². The maximum atomic E-state index is 12.6. The van der Waals surface area contributed by atoms with Gasteiger partial charge in [-0.2, -0.15) is 13.5 Å². The molecule has 3 aromatic rings. The van der Waals surface area contributed by atoms with Gasteiger partial charge >= 0.3 is 0 Å². The summed E-state index contributed by atoms with van der Waals surface area (Å²) in [5.41, 5.74) is 4.64. The molecule has 5 heteroatoms. The van der Waals surface area contributed by atoms with E-state index in [1.165, 1.54) is 11.1 Å². The summed E-state index contributed by atoms with van der Waals surface area (Å²) >= 11 is 0. The number of benzene rings is 3. The van der Waals surface area contributed by atoms with E-state index in [0.29, 0.717) is 0 Å². The molecule has 0 aromatic heterocycles. The molecule has 0 radical (unpaired) electrons. The fraction of sp³-hybridized carbons (Fsp3) is 0.296. The topological polar surface area (TPSA) is 58.5 Å². The van der Waals surface area contributed by atoms with Crippen molar-refractivity contribution in [2.75, 3.05) is 0 Å².